The normalized spacial score (nSPS) is 44.6. The fourth-order valence-electron chi connectivity index (χ4n) is 3.40. The van der Waals surface area contributed by atoms with Crippen LogP contribution in [0.2, 0.25) is 0 Å². The highest BCUT2D eigenvalue weighted by molar-refractivity contribution is 5.94. The second-order valence-corrected chi connectivity index (χ2v) is 5.75. The molecule has 1 saturated heterocycles. The van der Waals surface area contributed by atoms with Crippen molar-refractivity contribution in [1.29, 1.82) is 0 Å². The largest absolute Gasteiger partial charge is 0.292 e. The number of nitrogens with zero attached hydrogens (tertiary/aromatic N) is 2. The van der Waals surface area contributed by atoms with E-state index in [1.807, 2.05) is 0 Å². The highest BCUT2D eigenvalue weighted by atomic mass is 15.5. The summed E-state index contributed by atoms with van der Waals surface area (Å²) in [5.74, 6) is 1.59. The molecule has 2 heteroatoms. The van der Waals surface area contributed by atoms with Gasteiger partial charge in [0.05, 0.1) is 0 Å². The first kappa shape index (κ1) is 10.4. The molecule has 88 valence electrons. The van der Waals surface area contributed by atoms with E-state index in [0.717, 1.165) is 5.92 Å². The fourth-order valence-corrected chi connectivity index (χ4v) is 3.40. The molecule has 0 radical (unpaired) electrons. The monoisotopic (exact) mass is 218 g/mol. The van der Waals surface area contributed by atoms with Gasteiger partial charge >= 0.3 is 0 Å². The van der Waals surface area contributed by atoms with E-state index in [-0.39, 0.29) is 0 Å². The lowest BCUT2D eigenvalue weighted by atomic mass is 9.74. The van der Waals surface area contributed by atoms with E-state index in [4.69, 9.17) is 5.10 Å². The summed E-state index contributed by atoms with van der Waals surface area (Å²) in [5.41, 5.74) is 1.44. The average Bonchev–Trinajstić information content (AvgIpc) is 2.59. The SMILES string of the molecule is CC1CCCC(C)N1N=C1CC2CC=CC12. The van der Waals surface area contributed by atoms with E-state index in [2.05, 4.69) is 31.0 Å². The third kappa shape index (κ3) is 1.59. The maximum atomic E-state index is 4.94. The summed E-state index contributed by atoms with van der Waals surface area (Å²) < 4.78 is 0. The number of allylic oxidation sites excluding steroid dienone is 2. The van der Waals surface area contributed by atoms with Gasteiger partial charge in [-0.05, 0) is 51.9 Å². The number of rotatable bonds is 1. The minimum absolute atomic E-state index is 0.640. The van der Waals surface area contributed by atoms with Crippen molar-refractivity contribution in [1.82, 2.24) is 5.01 Å². The van der Waals surface area contributed by atoms with Crippen LogP contribution < -0.4 is 0 Å². The first-order valence-corrected chi connectivity index (χ1v) is 6.78. The fraction of sp³-hybridized carbons (Fsp3) is 0.786. The zero-order valence-electron chi connectivity index (χ0n) is 10.4. The molecule has 0 aromatic carbocycles. The summed E-state index contributed by atoms with van der Waals surface area (Å²) in [7, 11) is 0. The van der Waals surface area contributed by atoms with E-state index in [1.165, 1.54) is 37.8 Å². The van der Waals surface area contributed by atoms with Gasteiger partial charge in [0.1, 0.15) is 0 Å². The Hall–Kier alpha value is -0.790. The molecule has 1 saturated carbocycles. The van der Waals surface area contributed by atoms with Crippen molar-refractivity contribution in [2.75, 3.05) is 0 Å². The van der Waals surface area contributed by atoms with Crippen molar-refractivity contribution in [3.8, 4) is 0 Å². The Labute approximate surface area is 98.4 Å². The zero-order chi connectivity index (χ0) is 11.1. The first-order chi connectivity index (χ1) is 7.75. The van der Waals surface area contributed by atoms with Gasteiger partial charge in [-0.1, -0.05) is 12.2 Å². The lowest BCUT2D eigenvalue weighted by molar-refractivity contribution is 0.105. The predicted octanol–water partition coefficient (Wildman–Crippen LogP) is 3.20. The van der Waals surface area contributed by atoms with E-state index >= 15 is 0 Å². The topological polar surface area (TPSA) is 15.6 Å². The summed E-state index contributed by atoms with van der Waals surface area (Å²) in [6.45, 7) is 4.64. The summed E-state index contributed by atoms with van der Waals surface area (Å²) in [6.07, 6.45) is 11.2. The molecule has 2 fully saturated rings. The molecular weight excluding hydrogens is 196 g/mol. The molecule has 0 spiro atoms. The standard InChI is InChI=1S/C14H22N2/c1-10-5-3-6-11(2)16(10)15-14-9-12-7-4-8-13(12)14/h4,8,10-13H,3,5-7,9H2,1-2H3. The zero-order valence-corrected chi connectivity index (χ0v) is 10.4. The van der Waals surface area contributed by atoms with Crippen LogP contribution in [0.4, 0.5) is 0 Å². The number of hydrogen-bond donors (Lipinski definition) is 0. The molecule has 4 unspecified atom stereocenters. The molecule has 3 rings (SSSR count). The van der Waals surface area contributed by atoms with Crippen LogP contribution in [0.15, 0.2) is 17.3 Å². The molecule has 2 aliphatic carbocycles. The van der Waals surface area contributed by atoms with Crippen LogP contribution in [-0.4, -0.2) is 22.8 Å². The summed E-state index contributed by atoms with van der Waals surface area (Å²) >= 11 is 0. The summed E-state index contributed by atoms with van der Waals surface area (Å²) in [5, 5.41) is 7.32. The molecule has 1 heterocycles. The van der Waals surface area contributed by atoms with E-state index < -0.39 is 0 Å². The number of hydrazone groups is 1. The van der Waals surface area contributed by atoms with Crippen LogP contribution in [0.5, 0.6) is 0 Å². The minimum atomic E-state index is 0.640. The Morgan fingerprint density at radius 3 is 2.69 bits per heavy atom. The van der Waals surface area contributed by atoms with Gasteiger partial charge < -0.3 is 0 Å². The Balaban J connectivity index is 1.73. The second-order valence-electron chi connectivity index (χ2n) is 5.75. The molecule has 4 atom stereocenters. The van der Waals surface area contributed by atoms with Crippen molar-refractivity contribution < 1.29 is 0 Å². The van der Waals surface area contributed by atoms with Gasteiger partial charge in [-0.15, -0.1) is 0 Å². The maximum absolute atomic E-state index is 4.94. The number of fused-ring (bicyclic) bond motifs is 1. The van der Waals surface area contributed by atoms with Gasteiger partial charge in [0.25, 0.3) is 0 Å². The van der Waals surface area contributed by atoms with Gasteiger partial charge in [0, 0.05) is 23.7 Å². The van der Waals surface area contributed by atoms with Crippen molar-refractivity contribution in [2.45, 2.75) is 58.0 Å². The smallest absolute Gasteiger partial charge is 0.0455 e. The quantitative estimate of drug-likeness (QED) is 0.617. The molecule has 0 N–H and O–H groups in total. The van der Waals surface area contributed by atoms with E-state index in [1.54, 1.807) is 0 Å². The maximum Gasteiger partial charge on any atom is 0.0455 e. The van der Waals surface area contributed by atoms with Gasteiger partial charge in [-0.2, -0.15) is 5.10 Å². The molecule has 3 aliphatic rings. The minimum Gasteiger partial charge on any atom is -0.292 e. The lowest BCUT2D eigenvalue weighted by Gasteiger charge is -2.40. The molecule has 0 aromatic rings. The molecular formula is C14H22N2. The lowest BCUT2D eigenvalue weighted by Crippen LogP contribution is -2.43. The molecule has 0 aromatic heterocycles. The number of piperidine rings is 1. The Kier molecular flexibility index (Phi) is 2.53. The average molecular weight is 218 g/mol. The third-order valence-electron chi connectivity index (χ3n) is 4.54. The van der Waals surface area contributed by atoms with Crippen LogP contribution in [0.1, 0.15) is 46.0 Å². The van der Waals surface area contributed by atoms with Gasteiger partial charge in [-0.3, -0.25) is 5.01 Å². The molecule has 2 nitrogen and oxygen atoms in total. The van der Waals surface area contributed by atoms with E-state index in [9.17, 15) is 0 Å². The first-order valence-electron chi connectivity index (χ1n) is 6.78. The summed E-state index contributed by atoms with van der Waals surface area (Å²) in [6, 6.07) is 1.28. The Morgan fingerprint density at radius 1 is 1.25 bits per heavy atom. The predicted molar refractivity (Wildman–Crippen MR) is 67.4 cm³/mol. The third-order valence-corrected chi connectivity index (χ3v) is 4.54. The molecule has 0 bridgehead atoms. The van der Waals surface area contributed by atoms with Crippen LogP contribution in [0, 0.1) is 11.8 Å². The molecule has 1 aliphatic heterocycles. The molecule has 16 heavy (non-hydrogen) atoms. The van der Waals surface area contributed by atoms with Crippen LogP contribution >= 0.6 is 0 Å². The van der Waals surface area contributed by atoms with Crippen LogP contribution in [-0.2, 0) is 0 Å². The van der Waals surface area contributed by atoms with Crippen LogP contribution in [0.25, 0.3) is 0 Å². The van der Waals surface area contributed by atoms with Crippen molar-refractivity contribution in [2.24, 2.45) is 16.9 Å². The number of hydrogen-bond acceptors (Lipinski definition) is 2. The van der Waals surface area contributed by atoms with Gasteiger partial charge in [-0.25, -0.2) is 0 Å². The highest BCUT2D eigenvalue weighted by Gasteiger charge is 2.39. The Morgan fingerprint density at radius 2 is 2.00 bits per heavy atom. The van der Waals surface area contributed by atoms with E-state index in [0.29, 0.717) is 18.0 Å². The van der Waals surface area contributed by atoms with Crippen molar-refractivity contribution in [3.63, 3.8) is 0 Å². The van der Waals surface area contributed by atoms with Gasteiger partial charge in [0.15, 0.2) is 0 Å². The van der Waals surface area contributed by atoms with Crippen molar-refractivity contribution in [3.05, 3.63) is 12.2 Å². The second kappa shape index (κ2) is 3.90. The summed E-state index contributed by atoms with van der Waals surface area (Å²) in [4.78, 5) is 0. The van der Waals surface area contributed by atoms with Gasteiger partial charge in [0.2, 0.25) is 0 Å². The highest BCUT2D eigenvalue weighted by Crippen LogP contribution is 2.41. The Bertz CT molecular complexity index is 322. The molecule has 0 amide bonds. The van der Waals surface area contributed by atoms with Crippen molar-refractivity contribution >= 4 is 5.71 Å². The van der Waals surface area contributed by atoms with Crippen LogP contribution in [0.3, 0.4) is 0 Å².